The lowest BCUT2D eigenvalue weighted by molar-refractivity contribution is -0.131. The normalized spacial score (nSPS) is 15.7. The van der Waals surface area contributed by atoms with E-state index in [0.717, 1.165) is 24.2 Å². The van der Waals surface area contributed by atoms with Crippen LogP contribution in [0.3, 0.4) is 0 Å². The molecule has 1 aliphatic heterocycles. The van der Waals surface area contributed by atoms with Gasteiger partial charge in [0.05, 0.1) is 19.6 Å². The third-order valence-electron chi connectivity index (χ3n) is 5.07. The van der Waals surface area contributed by atoms with Crippen LogP contribution in [-0.2, 0) is 11.2 Å². The number of methoxy groups -OCH3 is 1. The molecule has 1 saturated heterocycles. The van der Waals surface area contributed by atoms with Crippen molar-refractivity contribution >= 4 is 40.4 Å². The molecule has 3 aromatic rings. The van der Waals surface area contributed by atoms with Crippen LogP contribution in [-0.4, -0.2) is 40.6 Å². The van der Waals surface area contributed by atoms with E-state index in [2.05, 4.69) is 15.5 Å². The molecule has 0 spiro atoms. The number of likely N-dealkylation sites (tertiary alicyclic amines) is 1. The molecule has 0 bridgehead atoms. The Morgan fingerprint density at radius 1 is 1.23 bits per heavy atom. The number of halogens is 1. The number of hydrogen-bond acceptors (Lipinski definition) is 6. The van der Waals surface area contributed by atoms with E-state index >= 15 is 0 Å². The average molecular weight is 457 g/mol. The van der Waals surface area contributed by atoms with Crippen molar-refractivity contribution in [2.75, 3.05) is 19.0 Å². The number of amides is 2. The number of rotatable bonds is 6. The number of hydrogen-bond donors (Lipinski definition) is 1. The minimum Gasteiger partial charge on any atom is -0.497 e. The van der Waals surface area contributed by atoms with Gasteiger partial charge in [0.15, 0.2) is 0 Å². The quantitative estimate of drug-likeness (QED) is 0.595. The SMILES string of the molecule is COc1cccc(CC(=O)N2CCC[C@@H]2c2nnc(C(=O)Nc3cccc(Cl)c3)s2)c1. The summed E-state index contributed by atoms with van der Waals surface area (Å²) < 4.78 is 5.24. The molecule has 0 aliphatic carbocycles. The van der Waals surface area contributed by atoms with Crippen molar-refractivity contribution in [1.29, 1.82) is 0 Å². The highest BCUT2D eigenvalue weighted by Gasteiger charge is 2.33. The molecule has 7 nitrogen and oxygen atoms in total. The molecule has 0 saturated carbocycles. The molecule has 1 aromatic heterocycles. The first kappa shape index (κ1) is 21.3. The number of benzene rings is 2. The summed E-state index contributed by atoms with van der Waals surface area (Å²) in [4.78, 5) is 27.3. The Balaban J connectivity index is 1.44. The van der Waals surface area contributed by atoms with Crippen LogP contribution in [0.4, 0.5) is 5.69 Å². The Hall–Kier alpha value is -2.97. The van der Waals surface area contributed by atoms with Crippen LogP contribution in [0, 0.1) is 0 Å². The fourth-order valence-electron chi connectivity index (χ4n) is 3.59. The summed E-state index contributed by atoms with van der Waals surface area (Å²) in [6.07, 6.45) is 1.97. The van der Waals surface area contributed by atoms with Crippen LogP contribution >= 0.6 is 22.9 Å². The lowest BCUT2D eigenvalue weighted by Crippen LogP contribution is -2.31. The summed E-state index contributed by atoms with van der Waals surface area (Å²) in [6, 6.07) is 14.2. The molecule has 2 amide bonds. The van der Waals surface area contributed by atoms with Crippen LogP contribution in [0.15, 0.2) is 48.5 Å². The van der Waals surface area contributed by atoms with Gasteiger partial charge in [-0.3, -0.25) is 9.59 Å². The minimum atomic E-state index is -0.349. The number of nitrogens with one attached hydrogen (secondary N) is 1. The fourth-order valence-corrected chi connectivity index (χ4v) is 4.67. The number of aromatic nitrogens is 2. The van der Waals surface area contributed by atoms with Gasteiger partial charge in [-0.1, -0.05) is 41.1 Å². The molecule has 9 heteroatoms. The Morgan fingerprint density at radius 3 is 2.87 bits per heavy atom. The maximum Gasteiger partial charge on any atom is 0.286 e. The number of ether oxygens (including phenoxy) is 1. The zero-order valence-electron chi connectivity index (χ0n) is 16.9. The van der Waals surface area contributed by atoms with Crippen LogP contribution in [0.25, 0.3) is 0 Å². The number of carbonyl (C=O) groups is 2. The van der Waals surface area contributed by atoms with E-state index in [1.807, 2.05) is 29.2 Å². The van der Waals surface area contributed by atoms with Crippen LogP contribution in [0.5, 0.6) is 5.75 Å². The largest absolute Gasteiger partial charge is 0.497 e. The van der Waals surface area contributed by atoms with Gasteiger partial charge < -0.3 is 15.0 Å². The lowest BCUT2D eigenvalue weighted by Gasteiger charge is -2.22. The third-order valence-corrected chi connectivity index (χ3v) is 6.32. The van der Waals surface area contributed by atoms with E-state index in [0.29, 0.717) is 22.3 Å². The molecule has 1 aliphatic rings. The first-order valence-electron chi connectivity index (χ1n) is 9.86. The first-order valence-corrected chi connectivity index (χ1v) is 11.1. The first-order chi connectivity index (χ1) is 15.0. The highest BCUT2D eigenvalue weighted by Crippen LogP contribution is 2.34. The van der Waals surface area contributed by atoms with E-state index in [1.165, 1.54) is 11.3 Å². The zero-order chi connectivity index (χ0) is 21.8. The molecule has 2 aromatic carbocycles. The highest BCUT2D eigenvalue weighted by atomic mass is 35.5. The van der Waals surface area contributed by atoms with Gasteiger partial charge in [-0.25, -0.2) is 0 Å². The van der Waals surface area contributed by atoms with E-state index in [9.17, 15) is 9.59 Å². The van der Waals surface area contributed by atoms with Crippen molar-refractivity contribution in [3.63, 3.8) is 0 Å². The molecule has 1 N–H and O–H groups in total. The highest BCUT2D eigenvalue weighted by molar-refractivity contribution is 7.13. The van der Waals surface area contributed by atoms with Gasteiger partial charge in [0.1, 0.15) is 10.8 Å². The number of carbonyl (C=O) groups excluding carboxylic acids is 2. The van der Waals surface area contributed by atoms with E-state index < -0.39 is 0 Å². The van der Waals surface area contributed by atoms with Crippen molar-refractivity contribution in [3.05, 3.63) is 69.1 Å². The number of anilines is 1. The zero-order valence-corrected chi connectivity index (χ0v) is 18.4. The number of nitrogens with zero attached hydrogens (tertiary/aromatic N) is 3. The Morgan fingerprint density at radius 2 is 2.06 bits per heavy atom. The third kappa shape index (κ3) is 5.03. The Kier molecular flexibility index (Phi) is 6.48. The Labute approximate surface area is 189 Å². The molecule has 1 fully saturated rings. The molecule has 0 unspecified atom stereocenters. The molecule has 31 heavy (non-hydrogen) atoms. The van der Waals surface area contributed by atoms with Crippen molar-refractivity contribution in [1.82, 2.24) is 15.1 Å². The summed E-state index contributed by atoms with van der Waals surface area (Å²) in [6.45, 7) is 0.664. The van der Waals surface area contributed by atoms with Gasteiger partial charge in [0, 0.05) is 17.3 Å². The second-order valence-electron chi connectivity index (χ2n) is 7.18. The van der Waals surface area contributed by atoms with E-state index in [-0.39, 0.29) is 29.3 Å². The predicted octanol–water partition coefficient (Wildman–Crippen LogP) is 4.36. The topological polar surface area (TPSA) is 84.4 Å². The van der Waals surface area contributed by atoms with Crippen LogP contribution in [0.1, 0.15) is 39.3 Å². The summed E-state index contributed by atoms with van der Waals surface area (Å²) in [5.74, 6) is 0.400. The molecular weight excluding hydrogens is 436 g/mol. The summed E-state index contributed by atoms with van der Waals surface area (Å²) in [5, 5.41) is 12.5. The second-order valence-corrected chi connectivity index (χ2v) is 8.63. The monoisotopic (exact) mass is 456 g/mol. The molecule has 2 heterocycles. The minimum absolute atomic E-state index is 0.0240. The molecule has 160 valence electrons. The Bertz CT molecular complexity index is 1100. The predicted molar refractivity (Wildman–Crippen MR) is 120 cm³/mol. The maximum absolute atomic E-state index is 13.0. The van der Waals surface area contributed by atoms with Crippen molar-refractivity contribution in [3.8, 4) is 5.75 Å². The van der Waals surface area contributed by atoms with Crippen LogP contribution in [0.2, 0.25) is 5.02 Å². The van der Waals surface area contributed by atoms with E-state index in [4.69, 9.17) is 16.3 Å². The van der Waals surface area contributed by atoms with Crippen molar-refractivity contribution in [2.24, 2.45) is 0 Å². The maximum atomic E-state index is 13.0. The van der Waals surface area contributed by atoms with Crippen molar-refractivity contribution in [2.45, 2.75) is 25.3 Å². The van der Waals surface area contributed by atoms with Crippen molar-refractivity contribution < 1.29 is 14.3 Å². The van der Waals surface area contributed by atoms with Gasteiger partial charge in [-0.15, -0.1) is 10.2 Å². The average Bonchev–Trinajstić information content (AvgIpc) is 3.43. The summed E-state index contributed by atoms with van der Waals surface area (Å²) >= 11 is 7.18. The summed E-state index contributed by atoms with van der Waals surface area (Å²) in [5.41, 5.74) is 1.49. The standard InChI is InChI=1S/C22H21ClN4O3S/c1-30-17-8-2-5-14(11-17)12-19(28)27-10-4-9-18(27)21-25-26-22(31-21)20(29)24-16-7-3-6-15(23)13-16/h2-3,5-8,11,13,18H,4,9-10,12H2,1H3,(H,24,29)/t18-/m1/s1. The smallest absolute Gasteiger partial charge is 0.286 e. The second kappa shape index (κ2) is 9.45. The molecule has 0 radical (unpaired) electrons. The van der Waals surface area contributed by atoms with E-state index in [1.54, 1.807) is 31.4 Å². The molecule has 4 rings (SSSR count). The van der Waals surface area contributed by atoms with Gasteiger partial charge in [-0.05, 0) is 48.7 Å². The molecular formula is C22H21ClN4O3S. The lowest BCUT2D eigenvalue weighted by atomic mass is 10.1. The van der Waals surface area contributed by atoms with Crippen LogP contribution < -0.4 is 10.1 Å². The van der Waals surface area contributed by atoms with Gasteiger partial charge in [0.25, 0.3) is 5.91 Å². The van der Waals surface area contributed by atoms with Gasteiger partial charge >= 0.3 is 0 Å². The van der Waals surface area contributed by atoms with Gasteiger partial charge in [0.2, 0.25) is 10.9 Å². The summed E-state index contributed by atoms with van der Waals surface area (Å²) in [7, 11) is 1.60. The van der Waals surface area contributed by atoms with Gasteiger partial charge in [-0.2, -0.15) is 0 Å². The molecule has 1 atom stereocenters. The fraction of sp³-hybridized carbons (Fsp3) is 0.273.